The van der Waals surface area contributed by atoms with Crippen molar-refractivity contribution in [3.8, 4) is 11.1 Å². The Morgan fingerprint density at radius 2 is 1.75 bits per heavy atom. The minimum Gasteiger partial charge on any atom is -0.386 e. The van der Waals surface area contributed by atoms with E-state index in [1.54, 1.807) is 5.32 Å². The van der Waals surface area contributed by atoms with Gasteiger partial charge in [-0.25, -0.2) is 4.39 Å². The number of nitrogens with two attached hydrogens (primary N) is 1. The van der Waals surface area contributed by atoms with E-state index in [1.165, 1.54) is 36.5 Å². The maximum atomic E-state index is 13.5. The number of alkyl halides is 5. The molecule has 2 rings (SSSR count). The fourth-order valence-corrected chi connectivity index (χ4v) is 2.44. The molecule has 0 spiro atoms. The van der Waals surface area contributed by atoms with Crippen molar-refractivity contribution < 1.29 is 31.9 Å². The number of hydrogen-bond donors (Lipinski definition) is 3. The van der Waals surface area contributed by atoms with Crippen LogP contribution in [0.5, 0.6) is 0 Å². The first-order chi connectivity index (χ1) is 13.2. The molecule has 0 aliphatic carbocycles. The lowest BCUT2D eigenvalue weighted by Gasteiger charge is -2.22. The molecular weight excluding hydrogens is 385 g/mol. The highest BCUT2D eigenvalue weighted by Gasteiger charge is 2.31. The Morgan fingerprint density at radius 1 is 1.14 bits per heavy atom. The first-order valence-electron chi connectivity index (χ1n) is 8.17. The van der Waals surface area contributed by atoms with Gasteiger partial charge in [-0.05, 0) is 17.2 Å². The Balaban J connectivity index is 2.15. The number of benzene rings is 1. The van der Waals surface area contributed by atoms with Crippen LogP contribution in [0.4, 0.5) is 22.0 Å². The number of carbonyl (C=O) groups excluding carboxylic acids is 1. The van der Waals surface area contributed by atoms with E-state index in [0.29, 0.717) is 11.1 Å². The molecule has 0 saturated carbocycles. The number of halogens is 5. The highest BCUT2D eigenvalue weighted by atomic mass is 19.3. The molecule has 1 aromatic carbocycles. The third-order valence-corrected chi connectivity index (χ3v) is 4.05. The number of aliphatic hydroxyl groups excluding tert-OH is 1. The first kappa shape index (κ1) is 21.7. The summed E-state index contributed by atoms with van der Waals surface area (Å²) in [6.07, 6.45) is -3.64. The van der Waals surface area contributed by atoms with Crippen molar-refractivity contribution in [3.63, 3.8) is 0 Å². The quantitative estimate of drug-likeness (QED) is 0.591. The van der Waals surface area contributed by atoms with Crippen molar-refractivity contribution in [2.24, 2.45) is 5.73 Å². The second kappa shape index (κ2) is 9.07. The van der Waals surface area contributed by atoms with Crippen LogP contribution in [-0.2, 0) is 10.7 Å². The summed E-state index contributed by atoms with van der Waals surface area (Å²) < 4.78 is 64.6. The smallest absolute Gasteiger partial charge is 0.315 e. The van der Waals surface area contributed by atoms with Gasteiger partial charge in [-0.3, -0.25) is 9.78 Å². The summed E-state index contributed by atoms with van der Waals surface area (Å²) in [7, 11) is 0. The zero-order valence-electron chi connectivity index (χ0n) is 14.5. The Morgan fingerprint density at radius 3 is 2.21 bits per heavy atom. The van der Waals surface area contributed by atoms with Crippen molar-refractivity contribution in [1.29, 1.82) is 0 Å². The molecule has 2 aromatic rings. The lowest BCUT2D eigenvalue weighted by Crippen LogP contribution is -2.43. The molecule has 1 heterocycles. The van der Waals surface area contributed by atoms with Gasteiger partial charge < -0.3 is 16.2 Å². The van der Waals surface area contributed by atoms with Crippen molar-refractivity contribution >= 4 is 5.91 Å². The number of aliphatic hydroxyl groups is 1. The molecule has 0 saturated heterocycles. The van der Waals surface area contributed by atoms with Gasteiger partial charge >= 0.3 is 12.3 Å². The molecule has 2 unspecified atom stereocenters. The molecule has 0 fully saturated rings. The van der Waals surface area contributed by atoms with Gasteiger partial charge in [-0.2, -0.15) is 17.6 Å². The second-order valence-corrected chi connectivity index (χ2v) is 5.98. The van der Waals surface area contributed by atoms with Crippen LogP contribution in [-0.4, -0.2) is 41.7 Å². The number of carbonyl (C=O) groups is 1. The summed E-state index contributed by atoms with van der Waals surface area (Å²) in [4.78, 5) is 14.7. The van der Waals surface area contributed by atoms with Gasteiger partial charge in [0.25, 0.3) is 5.91 Å². The molecule has 4 N–H and O–H groups in total. The molecule has 10 heteroatoms. The van der Waals surface area contributed by atoms with E-state index in [-0.39, 0.29) is 5.56 Å². The molecule has 0 radical (unpaired) electrons. The fourth-order valence-electron chi connectivity index (χ4n) is 2.44. The van der Waals surface area contributed by atoms with Crippen molar-refractivity contribution in [3.05, 3.63) is 53.9 Å². The molecule has 1 aromatic heterocycles. The Labute approximate surface area is 157 Å². The van der Waals surface area contributed by atoms with E-state index in [4.69, 9.17) is 5.73 Å². The van der Waals surface area contributed by atoms with Crippen molar-refractivity contribution in [1.82, 2.24) is 10.3 Å². The van der Waals surface area contributed by atoms with E-state index >= 15 is 0 Å². The third-order valence-electron chi connectivity index (χ3n) is 4.05. The first-order valence-corrected chi connectivity index (χ1v) is 8.17. The topological polar surface area (TPSA) is 88.2 Å². The predicted molar refractivity (Wildman–Crippen MR) is 91.5 cm³/mol. The Kier molecular flexibility index (Phi) is 7.03. The van der Waals surface area contributed by atoms with Crippen LogP contribution in [0.2, 0.25) is 0 Å². The van der Waals surface area contributed by atoms with Gasteiger partial charge in [0.2, 0.25) is 0 Å². The summed E-state index contributed by atoms with van der Waals surface area (Å²) in [5.74, 6) is -4.92. The van der Waals surface area contributed by atoms with E-state index in [2.05, 4.69) is 4.98 Å². The summed E-state index contributed by atoms with van der Waals surface area (Å²) in [5, 5.41) is 11.8. The molecule has 2 atom stereocenters. The maximum Gasteiger partial charge on any atom is 0.315 e. The van der Waals surface area contributed by atoms with Gasteiger partial charge in [0.15, 0.2) is 0 Å². The Hall–Kier alpha value is -2.59. The van der Waals surface area contributed by atoms with Crippen LogP contribution in [0.15, 0.2) is 42.6 Å². The third kappa shape index (κ3) is 5.02. The number of nitrogens with zero attached hydrogens (tertiary/aromatic N) is 1. The molecule has 5 nitrogen and oxygen atoms in total. The van der Waals surface area contributed by atoms with Crippen LogP contribution in [0, 0.1) is 0 Å². The number of aromatic nitrogens is 1. The Bertz CT molecular complexity index is 785. The van der Waals surface area contributed by atoms with Gasteiger partial charge in [-0.15, -0.1) is 0 Å². The highest BCUT2D eigenvalue weighted by molar-refractivity contribution is 5.79. The molecule has 152 valence electrons. The van der Waals surface area contributed by atoms with Gasteiger partial charge in [0, 0.05) is 11.8 Å². The lowest BCUT2D eigenvalue weighted by atomic mass is 9.99. The van der Waals surface area contributed by atoms with E-state index in [0.717, 1.165) is 6.07 Å². The van der Waals surface area contributed by atoms with Crippen molar-refractivity contribution in [2.45, 2.75) is 24.5 Å². The van der Waals surface area contributed by atoms with E-state index < -0.39 is 49.3 Å². The molecular formula is C18H18F5N3O2. The predicted octanol–water partition coefficient (Wildman–Crippen LogP) is 2.55. The van der Waals surface area contributed by atoms with Gasteiger partial charge in [-0.1, -0.05) is 30.3 Å². The number of pyridine rings is 1. The minimum atomic E-state index is -3.33. The maximum absolute atomic E-state index is 13.5. The van der Waals surface area contributed by atoms with Crippen LogP contribution < -0.4 is 11.1 Å². The van der Waals surface area contributed by atoms with Crippen LogP contribution in [0.3, 0.4) is 0 Å². The molecule has 0 bridgehead atoms. The van der Waals surface area contributed by atoms with E-state index in [1.807, 2.05) is 0 Å². The number of rotatable bonds is 8. The second-order valence-electron chi connectivity index (χ2n) is 5.98. The average Bonchev–Trinajstić information content (AvgIpc) is 2.71. The summed E-state index contributed by atoms with van der Waals surface area (Å²) in [5.41, 5.74) is 5.80. The standard InChI is InChI=1S/C18H18F5N3O2/c19-7-13(26-17(28)16(20)21)15(27)11-3-1-10(2-4-11)12-5-6-14(25-8-12)18(22,23)9-24/h1-6,8,13,15-16,27H,7,9,24H2,(H,26,28). The normalized spacial score (nSPS) is 14.0. The number of amides is 1. The molecule has 1 amide bonds. The zero-order chi connectivity index (χ0) is 20.9. The molecule has 0 aliphatic rings. The van der Waals surface area contributed by atoms with Gasteiger partial charge in [0.05, 0.1) is 12.6 Å². The highest BCUT2D eigenvalue weighted by Crippen LogP contribution is 2.28. The average molecular weight is 403 g/mol. The molecule has 0 aliphatic heterocycles. The lowest BCUT2D eigenvalue weighted by molar-refractivity contribution is -0.133. The fraction of sp³-hybridized carbons (Fsp3) is 0.333. The van der Waals surface area contributed by atoms with Crippen LogP contribution in [0.1, 0.15) is 17.4 Å². The largest absolute Gasteiger partial charge is 0.386 e. The number of nitrogens with one attached hydrogen (secondary N) is 1. The van der Waals surface area contributed by atoms with Crippen LogP contribution >= 0.6 is 0 Å². The number of hydrogen-bond acceptors (Lipinski definition) is 4. The van der Waals surface area contributed by atoms with E-state index in [9.17, 15) is 31.9 Å². The summed E-state index contributed by atoms with van der Waals surface area (Å²) in [6, 6.07) is 6.86. The molecule has 28 heavy (non-hydrogen) atoms. The summed E-state index contributed by atoms with van der Waals surface area (Å²) >= 11 is 0. The van der Waals surface area contributed by atoms with Crippen LogP contribution in [0.25, 0.3) is 11.1 Å². The zero-order valence-corrected chi connectivity index (χ0v) is 14.5. The monoisotopic (exact) mass is 403 g/mol. The minimum absolute atomic E-state index is 0.181. The SMILES string of the molecule is NCC(F)(F)c1ccc(-c2ccc(C(O)C(CF)NC(=O)C(F)F)cc2)cn1. The summed E-state index contributed by atoms with van der Waals surface area (Å²) in [6.45, 7) is -2.12. The van der Waals surface area contributed by atoms with Crippen molar-refractivity contribution in [2.75, 3.05) is 13.2 Å². The van der Waals surface area contributed by atoms with Gasteiger partial charge in [0.1, 0.15) is 18.5 Å².